The van der Waals surface area contributed by atoms with E-state index in [1.807, 2.05) is 23.2 Å². The van der Waals surface area contributed by atoms with Crippen LogP contribution in [0.4, 0.5) is 4.79 Å². The number of carbonyl (C=O) groups is 1. The molecule has 2 rings (SSSR count). The molecule has 1 aliphatic heterocycles. The lowest BCUT2D eigenvalue weighted by Gasteiger charge is -2.35. The van der Waals surface area contributed by atoms with Gasteiger partial charge in [-0.25, -0.2) is 4.79 Å². The molecule has 0 unspecified atom stereocenters. The largest absolute Gasteiger partial charge is 0.381 e. The number of ether oxygens (including phenoxy) is 1. The summed E-state index contributed by atoms with van der Waals surface area (Å²) in [7, 11) is 0. The fourth-order valence-corrected chi connectivity index (χ4v) is 4.16. The summed E-state index contributed by atoms with van der Waals surface area (Å²) in [6.45, 7) is 4.37. The summed E-state index contributed by atoms with van der Waals surface area (Å²) in [6.07, 6.45) is 5.01. The molecule has 0 aliphatic carbocycles. The van der Waals surface area contributed by atoms with Gasteiger partial charge >= 0.3 is 6.03 Å². The number of nitrogens with one attached hydrogen (secondary N) is 2. The summed E-state index contributed by atoms with van der Waals surface area (Å²) < 4.78 is 5.55. The fourth-order valence-electron chi connectivity index (χ4n) is 2.51. The van der Waals surface area contributed by atoms with Gasteiger partial charge in [-0.05, 0) is 37.0 Å². The van der Waals surface area contributed by atoms with Crippen molar-refractivity contribution in [3.8, 4) is 0 Å². The van der Waals surface area contributed by atoms with Gasteiger partial charge in [-0.3, -0.25) is 0 Å². The maximum atomic E-state index is 12.2. The summed E-state index contributed by atoms with van der Waals surface area (Å²) in [6, 6.07) is 4.12. The van der Waals surface area contributed by atoms with Crippen LogP contribution < -0.4 is 10.6 Å². The van der Waals surface area contributed by atoms with E-state index in [2.05, 4.69) is 29.9 Å². The van der Waals surface area contributed by atoms with E-state index < -0.39 is 0 Å². The molecule has 2 amide bonds. The topological polar surface area (TPSA) is 50.4 Å². The minimum Gasteiger partial charge on any atom is -0.381 e. The Balaban J connectivity index is 1.83. The van der Waals surface area contributed by atoms with E-state index in [9.17, 15) is 4.79 Å². The van der Waals surface area contributed by atoms with Crippen molar-refractivity contribution in [2.24, 2.45) is 0 Å². The van der Waals surface area contributed by atoms with Crippen molar-refractivity contribution in [3.63, 3.8) is 0 Å². The smallest absolute Gasteiger partial charge is 0.315 e. The first-order chi connectivity index (χ1) is 10.2. The monoisotopic (exact) mass is 328 g/mol. The zero-order valence-corrected chi connectivity index (χ0v) is 14.3. The minimum absolute atomic E-state index is 0.0739. The number of hydrogen-bond donors (Lipinski definition) is 2. The highest BCUT2D eigenvalue weighted by atomic mass is 32.2. The van der Waals surface area contributed by atoms with Gasteiger partial charge in [-0.2, -0.15) is 11.8 Å². The molecule has 0 spiro atoms. The average molecular weight is 329 g/mol. The van der Waals surface area contributed by atoms with E-state index in [-0.39, 0.29) is 16.8 Å². The molecule has 6 heteroatoms. The molecule has 118 valence electrons. The molecule has 0 saturated carbocycles. The quantitative estimate of drug-likeness (QED) is 0.841. The van der Waals surface area contributed by atoms with Gasteiger partial charge in [0.05, 0.1) is 6.04 Å². The zero-order chi connectivity index (χ0) is 15.1. The first kappa shape index (κ1) is 16.6. The van der Waals surface area contributed by atoms with Crippen LogP contribution in [0.2, 0.25) is 0 Å². The van der Waals surface area contributed by atoms with E-state index in [0.717, 1.165) is 32.5 Å². The summed E-state index contributed by atoms with van der Waals surface area (Å²) in [5, 5.41) is 8.16. The van der Waals surface area contributed by atoms with Crippen molar-refractivity contribution in [3.05, 3.63) is 22.4 Å². The second-order valence-electron chi connectivity index (χ2n) is 5.30. The van der Waals surface area contributed by atoms with E-state index in [1.165, 1.54) is 4.88 Å². The summed E-state index contributed by atoms with van der Waals surface area (Å²) >= 11 is 3.52. The summed E-state index contributed by atoms with van der Waals surface area (Å²) in [5.74, 6) is 0. The molecule has 1 aliphatic rings. The van der Waals surface area contributed by atoms with E-state index in [1.54, 1.807) is 11.3 Å². The van der Waals surface area contributed by atoms with Crippen LogP contribution in [-0.4, -0.2) is 36.8 Å². The van der Waals surface area contributed by atoms with Gasteiger partial charge < -0.3 is 15.4 Å². The van der Waals surface area contributed by atoms with Gasteiger partial charge in [0.1, 0.15) is 0 Å². The van der Waals surface area contributed by atoms with Crippen molar-refractivity contribution in [1.29, 1.82) is 0 Å². The van der Waals surface area contributed by atoms with Gasteiger partial charge in [0.15, 0.2) is 0 Å². The van der Waals surface area contributed by atoms with Crippen LogP contribution in [0.25, 0.3) is 0 Å². The Kier molecular flexibility index (Phi) is 6.39. The molecule has 1 atom stereocenters. The molecule has 1 aromatic heterocycles. The van der Waals surface area contributed by atoms with Crippen molar-refractivity contribution in [2.75, 3.05) is 26.0 Å². The highest BCUT2D eigenvalue weighted by molar-refractivity contribution is 8.00. The first-order valence-corrected chi connectivity index (χ1v) is 9.50. The van der Waals surface area contributed by atoms with Gasteiger partial charge in [0, 0.05) is 29.4 Å². The lowest BCUT2D eigenvalue weighted by Crippen LogP contribution is -2.47. The molecule has 0 aromatic carbocycles. The molecule has 1 saturated heterocycles. The third kappa shape index (κ3) is 4.63. The SMILES string of the molecule is CC[C@H](NC(=O)NCC1(SC)CCOCC1)c1cccs1. The normalized spacial score (nSPS) is 19.0. The van der Waals surface area contributed by atoms with Gasteiger partial charge in [-0.15, -0.1) is 11.3 Å². The Morgan fingerprint density at radius 1 is 1.52 bits per heavy atom. The Morgan fingerprint density at radius 2 is 2.29 bits per heavy atom. The van der Waals surface area contributed by atoms with Gasteiger partial charge in [0.25, 0.3) is 0 Å². The molecule has 2 heterocycles. The molecule has 0 bridgehead atoms. The van der Waals surface area contributed by atoms with Crippen molar-refractivity contribution in [2.45, 2.75) is 37.0 Å². The lowest BCUT2D eigenvalue weighted by atomic mass is 9.99. The Morgan fingerprint density at radius 3 is 2.86 bits per heavy atom. The standard InChI is InChI=1S/C15H24N2O2S2/c1-3-12(13-5-4-10-21-13)17-14(18)16-11-15(20-2)6-8-19-9-7-15/h4-5,10,12H,3,6-9,11H2,1-2H3,(H2,16,17,18)/t12-/m0/s1. The van der Waals surface area contributed by atoms with Gasteiger partial charge in [0.2, 0.25) is 0 Å². The molecule has 0 radical (unpaired) electrons. The van der Waals surface area contributed by atoms with E-state index in [4.69, 9.17) is 4.74 Å². The predicted molar refractivity (Wildman–Crippen MR) is 90.2 cm³/mol. The number of hydrogen-bond acceptors (Lipinski definition) is 4. The highest BCUT2D eigenvalue weighted by Gasteiger charge is 2.32. The Labute approximate surface area is 135 Å². The molecule has 2 N–H and O–H groups in total. The number of urea groups is 1. The van der Waals surface area contributed by atoms with Crippen LogP contribution in [0.5, 0.6) is 0 Å². The number of carbonyl (C=O) groups excluding carboxylic acids is 1. The van der Waals surface area contributed by atoms with Crippen molar-refractivity contribution < 1.29 is 9.53 Å². The Bertz CT molecular complexity index is 431. The van der Waals surface area contributed by atoms with Crippen LogP contribution in [0, 0.1) is 0 Å². The average Bonchev–Trinajstić information content (AvgIpc) is 3.06. The van der Waals surface area contributed by atoms with Crippen LogP contribution >= 0.6 is 23.1 Å². The first-order valence-electron chi connectivity index (χ1n) is 7.40. The fraction of sp³-hybridized carbons (Fsp3) is 0.667. The molecular weight excluding hydrogens is 304 g/mol. The molecular formula is C15H24N2O2S2. The number of thiophene rings is 1. The third-order valence-corrected chi connectivity index (χ3v) is 6.41. The zero-order valence-electron chi connectivity index (χ0n) is 12.7. The Hall–Kier alpha value is -0.720. The second-order valence-corrected chi connectivity index (χ2v) is 7.56. The predicted octanol–water partition coefficient (Wildman–Crippen LogP) is 3.41. The van der Waals surface area contributed by atoms with Crippen LogP contribution in [-0.2, 0) is 4.74 Å². The maximum Gasteiger partial charge on any atom is 0.315 e. The minimum atomic E-state index is -0.0739. The van der Waals surface area contributed by atoms with E-state index >= 15 is 0 Å². The number of amides is 2. The summed E-state index contributed by atoms with van der Waals surface area (Å²) in [5.41, 5.74) is 0. The van der Waals surface area contributed by atoms with Crippen LogP contribution in [0.3, 0.4) is 0 Å². The number of rotatable bonds is 6. The molecule has 4 nitrogen and oxygen atoms in total. The second kappa shape index (κ2) is 8.06. The van der Waals surface area contributed by atoms with Gasteiger partial charge in [-0.1, -0.05) is 13.0 Å². The highest BCUT2D eigenvalue weighted by Crippen LogP contribution is 2.33. The number of thioether (sulfide) groups is 1. The van der Waals surface area contributed by atoms with Crippen LogP contribution in [0.15, 0.2) is 17.5 Å². The molecule has 21 heavy (non-hydrogen) atoms. The molecule has 1 fully saturated rings. The van der Waals surface area contributed by atoms with Crippen molar-refractivity contribution >= 4 is 29.1 Å². The van der Waals surface area contributed by atoms with Crippen LogP contribution in [0.1, 0.15) is 37.1 Å². The van der Waals surface area contributed by atoms with Crippen molar-refractivity contribution in [1.82, 2.24) is 10.6 Å². The third-order valence-electron chi connectivity index (χ3n) is 4.01. The maximum absolute atomic E-state index is 12.2. The molecule has 1 aromatic rings. The lowest BCUT2D eigenvalue weighted by molar-refractivity contribution is 0.0777. The summed E-state index contributed by atoms with van der Waals surface area (Å²) in [4.78, 5) is 13.4. The van der Waals surface area contributed by atoms with E-state index in [0.29, 0.717) is 6.54 Å².